The Labute approximate surface area is 197 Å². The first-order valence-electron chi connectivity index (χ1n) is 10.9. The van der Waals surface area contributed by atoms with Crippen LogP contribution in [0.15, 0.2) is 53.0 Å². The van der Waals surface area contributed by atoms with Crippen molar-refractivity contribution in [3.05, 3.63) is 69.6 Å². The molecule has 0 fully saturated rings. The zero-order chi connectivity index (χ0) is 24.0. The second-order valence-corrected chi connectivity index (χ2v) is 9.68. The number of hydrogen-bond acceptors (Lipinski definition) is 5. The van der Waals surface area contributed by atoms with E-state index in [1.807, 2.05) is 9.95 Å². The Bertz CT molecular complexity index is 1190. The Balaban J connectivity index is 1.97. The third-order valence-corrected chi connectivity index (χ3v) is 6.06. The first kappa shape index (κ1) is 24.5. The van der Waals surface area contributed by atoms with Crippen molar-refractivity contribution in [3.63, 3.8) is 0 Å². The largest absolute Gasteiger partial charge is 0.392 e. The predicted octanol–water partition coefficient (Wildman–Crippen LogP) is 3.67. The standard InChI is InChI=1S/C25H30N4O3S/c1-17(31)26-11-5-13-29-22(19-6-8-20(9-7-19)25(2,3)4)16-33-24(29)28-23(32)21-14-18(15-30)10-12-27-21/h6-10,12,14,16,30H,5,11,13,15H2,1-4H3,(H,26,31). The van der Waals surface area contributed by atoms with Crippen molar-refractivity contribution < 1.29 is 14.7 Å². The van der Waals surface area contributed by atoms with Crippen LogP contribution in [-0.4, -0.2) is 33.0 Å². The summed E-state index contributed by atoms with van der Waals surface area (Å²) in [6.07, 6.45) is 2.19. The number of benzene rings is 1. The quantitative estimate of drug-likeness (QED) is 0.519. The van der Waals surface area contributed by atoms with Gasteiger partial charge in [-0.15, -0.1) is 11.3 Å². The number of hydrogen-bond donors (Lipinski definition) is 2. The number of carbonyl (C=O) groups excluding carboxylic acids is 2. The van der Waals surface area contributed by atoms with E-state index in [2.05, 4.69) is 60.3 Å². The minimum atomic E-state index is -0.461. The Morgan fingerprint density at radius 2 is 1.91 bits per heavy atom. The van der Waals surface area contributed by atoms with E-state index in [0.29, 0.717) is 29.9 Å². The van der Waals surface area contributed by atoms with Crippen LogP contribution in [0.2, 0.25) is 0 Å². The van der Waals surface area contributed by atoms with E-state index in [1.54, 1.807) is 12.1 Å². The molecule has 3 rings (SSSR count). The highest BCUT2D eigenvalue weighted by atomic mass is 32.1. The number of amides is 2. The molecule has 0 saturated carbocycles. The number of aliphatic hydroxyl groups is 1. The summed E-state index contributed by atoms with van der Waals surface area (Å²) in [5.74, 6) is -0.532. The van der Waals surface area contributed by atoms with Gasteiger partial charge in [0.25, 0.3) is 5.91 Å². The summed E-state index contributed by atoms with van der Waals surface area (Å²) in [5.41, 5.74) is 4.10. The van der Waals surface area contributed by atoms with E-state index in [-0.39, 0.29) is 23.6 Å². The van der Waals surface area contributed by atoms with Crippen LogP contribution >= 0.6 is 11.3 Å². The maximum Gasteiger partial charge on any atom is 0.298 e. The van der Waals surface area contributed by atoms with Gasteiger partial charge in [0.05, 0.1) is 12.3 Å². The topological polar surface area (TPSA) is 96.6 Å². The summed E-state index contributed by atoms with van der Waals surface area (Å²) in [6, 6.07) is 11.6. The molecule has 0 aliphatic heterocycles. The molecule has 0 saturated heterocycles. The molecule has 174 valence electrons. The molecule has 33 heavy (non-hydrogen) atoms. The van der Waals surface area contributed by atoms with Gasteiger partial charge in [-0.3, -0.25) is 14.6 Å². The third kappa shape index (κ3) is 6.46. The molecule has 0 aliphatic carbocycles. The van der Waals surface area contributed by atoms with Crippen molar-refractivity contribution in [2.75, 3.05) is 6.54 Å². The minimum absolute atomic E-state index is 0.0600. The van der Waals surface area contributed by atoms with Crippen molar-refractivity contribution in [2.45, 2.75) is 52.7 Å². The molecule has 0 spiro atoms. The van der Waals surface area contributed by atoms with Crippen molar-refractivity contribution in [1.82, 2.24) is 14.9 Å². The number of aliphatic hydroxyl groups excluding tert-OH is 1. The molecule has 2 aromatic heterocycles. The molecule has 2 N–H and O–H groups in total. The Hall–Kier alpha value is -3.10. The van der Waals surface area contributed by atoms with Gasteiger partial charge in [0, 0.05) is 31.6 Å². The van der Waals surface area contributed by atoms with E-state index in [9.17, 15) is 14.7 Å². The molecular weight excluding hydrogens is 436 g/mol. The molecule has 0 unspecified atom stereocenters. The van der Waals surface area contributed by atoms with E-state index >= 15 is 0 Å². The Morgan fingerprint density at radius 3 is 2.55 bits per heavy atom. The van der Waals surface area contributed by atoms with Gasteiger partial charge in [0.2, 0.25) is 5.91 Å². The molecule has 0 radical (unpaired) electrons. The molecule has 2 amide bonds. The lowest BCUT2D eigenvalue weighted by atomic mass is 9.86. The van der Waals surface area contributed by atoms with E-state index < -0.39 is 5.91 Å². The summed E-state index contributed by atoms with van der Waals surface area (Å²) in [4.78, 5) is 33.0. The Kier molecular flexibility index (Phi) is 7.94. The maximum atomic E-state index is 12.8. The summed E-state index contributed by atoms with van der Waals surface area (Å²) in [7, 11) is 0. The molecular formula is C25H30N4O3S. The lowest BCUT2D eigenvalue weighted by molar-refractivity contribution is -0.118. The van der Waals surface area contributed by atoms with Crippen LogP contribution in [0.5, 0.6) is 0 Å². The van der Waals surface area contributed by atoms with Crippen LogP contribution in [0.25, 0.3) is 11.3 Å². The van der Waals surface area contributed by atoms with Gasteiger partial charge in [-0.1, -0.05) is 45.0 Å². The highest BCUT2D eigenvalue weighted by molar-refractivity contribution is 7.07. The molecule has 0 aliphatic rings. The maximum absolute atomic E-state index is 12.8. The zero-order valence-corrected chi connectivity index (χ0v) is 20.3. The predicted molar refractivity (Wildman–Crippen MR) is 130 cm³/mol. The van der Waals surface area contributed by atoms with Gasteiger partial charge in [0.15, 0.2) is 4.80 Å². The van der Waals surface area contributed by atoms with Crippen LogP contribution < -0.4 is 10.1 Å². The average Bonchev–Trinajstić information content (AvgIpc) is 3.18. The number of rotatable bonds is 7. The third-order valence-electron chi connectivity index (χ3n) is 5.20. The minimum Gasteiger partial charge on any atom is -0.392 e. The molecule has 8 heteroatoms. The monoisotopic (exact) mass is 466 g/mol. The fraction of sp³-hybridized carbons (Fsp3) is 0.360. The summed E-state index contributed by atoms with van der Waals surface area (Å²) in [5, 5.41) is 14.1. The van der Waals surface area contributed by atoms with Gasteiger partial charge in [-0.05, 0) is 40.7 Å². The van der Waals surface area contributed by atoms with Gasteiger partial charge >= 0.3 is 0 Å². The van der Waals surface area contributed by atoms with Crippen molar-refractivity contribution >= 4 is 23.2 Å². The van der Waals surface area contributed by atoms with Gasteiger partial charge in [-0.2, -0.15) is 4.99 Å². The zero-order valence-electron chi connectivity index (χ0n) is 19.5. The normalized spacial score (nSPS) is 12.1. The lowest BCUT2D eigenvalue weighted by Gasteiger charge is -2.19. The molecule has 3 aromatic rings. The van der Waals surface area contributed by atoms with Crippen LogP contribution in [0, 0.1) is 0 Å². The van der Waals surface area contributed by atoms with Crippen LogP contribution in [0.3, 0.4) is 0 Å². The first-order valence-corrected chi connectivity index (χ1v) is 11.8. The second kappa shape index (κ2) is 10.7. The second-order valence-electron chi connectivity index (χ2n) is 8.84. The van der Waals surface area contributed by atoms with E-state index in [0.717, 1.165) is 11.3 Å². The lowest BCUT2D eigenvalue weighted by Crippen LogP contribution is -2.24. The molecule has 0 atom stereocenters. The molecule has 1 aromatic carbocycles. The molecule has 7 nitrogen and oxygen atoms in total. The molecule has 0 bridgehead atoms. The number of nitrogens with zero attached hydrogens (tertiary/aromatic N) is 3. The number of thiazole rings is 1. The fourth-order valence-corrected chi connectivity index (χ4v) is 4.27. The van der Waals surface area contributed by atoms with Crippen LogP contribution in [0.1, 0.15) is 55.7 Å². The van der Waals surface area contributed by atoms with Gasteiger partial charge in [0.1, 0.15) is 5.69 Å². The smallest absolute Gasteiger partial charge is 0.298 e. The summed E-state index contributed by atoms with van der Waals surface area (Å²) in [6.45, 7) is 8.99. The van der Waals surface area contributed by atoms with Crippen molar-refractivity contribution in [3.8, 4) is 11.3 Å². The SMILES string of the molecule is CC(=O)NCCCn1c(-c2ccc(C(C)(C)C)cc2)csc1=NC(=O)c1cc(CO)ccn1. The summed E-state index contributed by atoms with van der Waals surface area (Å²) >= 11 is 1.39. The highest BCUT2D eigenvalue weighted by Crippen LogP contribution is 2.26. The number of carbonyl (C=O) groups is 2. The van der Waals surface area contributed by atoms with Crippen LogP contribution in [0.4, 0.5) is 0 Å². The number of nitrogens with one attached hydrogen (secondary N) is 1. The number of aromatic nitrogens is 2. The van der Waals surface area contributed by atoms with Gasteiger partial charge in [-0.25, -0.2) is 0 Å². The van der Waals surface area contributed by atoms with E-state index in [1.165, 1.54) is 30.0 Å². The highest BCUT2D eigenvalue weighted by Gasteiger charge is 2.15. The average molecular weight is 467 g/mol. The van der Waals surface area contributed by atoms with E-state index in [4.69, 9.17) is 0 Å². The summed E-state index contributed by atoms with van der Waals surface area (Å²) < 4.78 is 2.01. The van der Waals surface area contributed by atoms with Crippen molar-refractivity contribution in [2.24, 2.45) is 4.99 Å². The fourth-order valence-electron chi connectivity index (χ4n) is 3.34. The first-order chi connectivity index (χ1) is 15.7. The van der Waals surface area contributed by atoms with Crippen molar-refractivity contribution in [1.29, 1.82) is 0 Å². The van der Waals surface area contributed by atoms with Gasteiger partial charge < -0.3 is 15.0 Å². The number of pyridine rings is 1. The van der Waals surface area contributed by atoms with Crippen LogP contribution in [-0.2, 0) is 23.4 Å². The molecule has 2 heterocycles. The Morgan fingerprint density at radius 1 is 1.18 bits per heavy atom.